The van der Waals surface area contributed by atoms with Gasteiger partial charge in [0, 0.05) is 18.2 Å². The average molecular weight is 223 g/mol. The Labute approximate surface area is 93.5 Å². The fraction of sp³-hybridized carbons (Fsp3) is 0.417. The number of carboxylic acids is 1. The maximum atomic E-state index is 13.6. The Morgan fingerprint density at radius 1 is 1.50 bits per heavy atom. The van der Waals surface area contributed by atoms with Crippen LogP contribution in [-0.2, 0) is 4.79 Å². The van der Waals surface area contributed by atoms with Gasteiger partial charge in [-0.1, -0.05) is 18.2 Å². The van der Waals surface area contributed by atoms with Crippen LogP contribution in [0.25, 0.3) is 0 Å². The van der Waals surface area contributed by atoms with Crippen LogP contribution in [0, 0.1) is 11.7 Å². The highest BCUT2D eigenvalue weighted by Crippen LogP contribution is 2.35. The molecule has 2 atom stereocenters. The molecule has 0 aliphatic carbocycles. The van der Waals surface area contributed by atoms with Crippen molar-refractivity contribution in [3.05, 3.63) is 35.6 Å². The van der Waals surface area contributed by atoms with Crippen LogP contribution in [0.1, 0.15) is 18.0 Å². The molecular formula is C12H14FNO2. The summed E-state index contributed by atoms with van der Waals surface area (Å²) in [7, 11) is 1.83. The van der Waals surface area contributed by atoms with E-state index in [0.29, 0.717) is 18.5 Å². The predicted molar refractivity (Wildman–Crippen MR) is 57.5 cm³/mol. The summed E-state index contributed by atoms with van der Waals surface area (Å²) in [5, 5.41) is 8.94. The van der Waals surface area contributed by atoms with Crippen LogP contribution in [0.3, 0.4) is 0 Å². The highest BCUT2D eigenvalue weighted by Gasteiger charge is 2.35. The van der Waals surface area contributed by atoms with Crippen LogP contribution in [0.5, 0.6) is 0 Å². The van der Waals surface area contributed by atoms with Crippen molar-refractivity contribution in [2.75, 3.05) is 13.6 Å². The minimum atomic E-state index is -0.800. The van der Waals surface area contributed by atoms with Crippen LogP contribution in [0.4, 0.5) is 4.39 Å². The molecule has 0 saturated carbocycles. The molecular weight excluding hydrogens is 209 g/mol. The van der Waals surface area contributed by atoms with E-state index in [-0.39, 0.29) is 11.9 Å². The number of likely N-dealkylation sites (tertiary alicyclic amines) is 1. The van der Waals surface area contributed by atoms with Gasteiger partial charge in [0.05, 0.1) is 5.92 Å². The summed E-state index contributed by atoms with van der Waals surface area (Å²) < 4.78 is 13.6. The van der Waals surface area contributed by atoms with Crippen molar-refractivity contribution >= 4 is 5.97 Å². The lowest BCUT2D eigenvalue weighted by Gasteiger charge is -2.19. The maximum Gasteiger partial charge on any atom is 0.307 e. The molecule has 0 amide bonds. The fourth-order valence-corrected chi connectivity index (χ4v) is 2.29. The third-order valence-corrected chi connectivity index (χ3v) is 3.16. The molecule has 0 unspecified atom stereocenters. The van der Waals surface area contributed by atoms with Crippen LogP contribution >= 0.6 is 0 Å². The zero-order valence-corrected chi connectivity index (χ0v) is 9.06. The number of rotatable bonds is 2. The average Bonchev–Trinajstić information content (AvgIpc) is 2.61. The van der Waals surface area contributed by atoms with E-state index in [2.05, 4.69) is 0 Å². The van der Waals surface area contributed by atoms with Crippen molar-refractivity contribution < 1.29 is 14.3 Å². The van der Waals surface area contributed by atoms with E-state index in [0.717, 1.165) is 0 Å². The molecule has 0 aromatic heterocycles. The largest absolute Gasteiger partial charge is 0.481 e. The third-order valence-electron chi connectivity index (χ3n) is 3.16. The molecule has 1 fully saturated rings. The first kappa shape index (κ1) is 11.1. The Balaban J connectivity index is 2.23. The van der Waals surface area contributed by atoms with E-state index < -0.39 is 11.9 Å². The monoisotopic (exact) mass is 223 g/mol. The summed E-state index contributed by atoms with van der Waals surface area (Å²) in [6.07, 6.45) is 0.479. The van der Waals surface area contributed by atoms with Gasteiger partial charge in [-0.25, -0.2) is 4.39 Å². The second kappa shape index (κ2) is 4.22. The van der Waals surface area contributed by atoms with E-state index in [9.17, 15) is 9.18 Å². The molecule has 86 valence electrons. The van der Waals surface area contributed by atoms with Gasteiger partial charge in [-0.15, -0.1) is 0 Å². The first-order valence-electron chi connectivity index (χ1n) is 5.27. The molecule has 16 heavy (non-hydrogen) atoms. The number of benzene rings is 1. The van der Waals surface area contributed by atoms with Crippen molar-refractivity contribution in [3.63, 3.8) is 0 Å². The van der Waals surface area contributed by atoms with E-state index >= 15 is 0 Å². The lowest BCUT2D eigenvalue weighted by molar-refractivity contribution is -0.141. The van der Waals surface area contributed by atoms with Gasteiger partial charge in [-0.05, 0) is 19.5 Å². The molecule has 1 aliphatic heterocycles. The summed E-state index contributed by atoms with van der Waals surface area (Å²) in [6.45, 7) is 0.480. The molecule has 2 rings (SSSR count). The maximum absolute atomic E-state index is 13.6. The van der Waals surface area contributed by atoms with Crippen molar-refractivity contribution in [2.24, 2.45) is 5.92 Å². The Kier molecular flexibility index (Phi) is 2.92. The lowest BCUT2D eigenvalue weighted by Crippen LogP contribution is -2.21. The molecule has 4 heteroatoms. The first-order valence-corrected chi connectivity index (χ1v) is 5.27. The molecule has 1 saturated heterocycles. The van der Waals surface area contributed by atoms with Gasteiger partial charge in [0.25, 0.3) is 0 Å². The summed E-state index contributed by atoms with van der Waals surface area (Å²) >= 11 is 0. The molecule has 1 aliphatic rings. The number of carboxylic acid groups (broad SMARTS) is 1. The normalized spacial score (nSPS) is 25.9. The van der Waals surface area contributed by atoms with Gasteiger partial charge in [0.2, 0.25) is 0 Å². The summed E-state index contributed by atoms with van der Waals surface area (Å²) in [6, 6.07) is 6.43. The number of aliphatic carboxylic acids is 1. The molecule has 1 heterocycles. The van der Waals surface area contributed by atoms with E-state index in [1.54, 1.807) is 18.2 Å². The minimum Gasteiger partial charge on any atom is -0.481 e. The summed E-state index contributed by atoms with van der Waals surface area (Å²) in [4.78, 5) is 12.8. The molecule has 1 N–H and O–H groups in total. The van der Waals surface area contributed by atoms with Crippen molar-refractivity contribution in [1.29, 1.82) is 0 Å². The Hall–Kier alpha value is -1.42. The molecule has 1 aromatic rings. The van der Waals surface area contributed by atoms with Gasteiger partial charge < -0.3 is 5.11 Å². The number of halogens is 1. The van der Waals surface area contributed by atoms with Crippen LogP contribution < -0.4 is 0 Å². The Morgan fingerprint density at radius 2 is 2.19 bits per heavy atom. The number of carbonyl (C=O) groups is 1. The van der Waals surface area contributed by atoms with E-state index in [4.69, 9.17) is 5.11 Å². The predicted octanol–water partition coefficient (Wildman–Crippen LogP) is 1.90. The number of nitrogens with zero attached hydrogens (tertiary/aromatic N) is 1. The van der Waals surface area contributed by atoms with Crippen molar-refractivity contribution in [3.8, 4) is 0 Å². The van der Waals surface area contributed by atoms with Gasteiger partial charge >= 0.3 is 5.97 Å². The van der Waals surface area contributed by atoms with Gasteiger partial charge in [-0.3, -0.25) is 9.69 Å². The summed E-state index contributed by atoms with van der Waals surface area (Å²) in [5.74, 6) is -1.45. The second-order valence-corrected chi connectivity index (χ2v) is 4.25. The van der Waals surface area contributed by atoms with Gasteiger partial charge in [0.15, 0.2) is 0 Å². The zero-order chi connectivity index (χ0) is 11.7. The smallest absolute Gasteiger partial charge is 0.307 e. The molecule has 3 nitrogen and oxygen atoms in total. The molecule has 1 aromatic carbocycles. The first-order chi connectivity index (χ1) is 7.59. The highest BCUT2D eigenvalue weighted by atomic mass is 19.1. The standard InChI is InChI=1S/C12H14FNO2/c1-14-7-8(12(15)16)6-11(14)9-4-2-3-5-10(9)13/h2-5,8,11H,6-7H2,1H3,(H,15,16)/t8-,11+/m1/s1. The molecule has 0 bridgehead atoms. The van der Waals surface area contributed by atoms with Crippen LogP contribution in [0.2, 0.25) is 0 Å². The van der Waals surface area contributed by atoms with Crippen LogP contribution in [-0.4, -0.2) is 29.6 Å². The minimum absolute atomic E-state index is 0.123. The van der Waals surface area contributed by atoms with Crippen LogP contribution in [0.15, 0.2) is 24.3 Å². The number of hydrogen-bond donors (Lipinski definition) is 1. The lowest BCUT2D eigenvalue weighted by atomic mass is 9.99. The Morgan fingerprint density at radius 3 is 2.75 bits per heavy atom. The summed E-state index contributed by atoms with van der Waals surface area (Å²) in [5.41, 5.74) is 0.591. The van der Waals surface area contributed by atoms with E-state index in [1.807, 2.05) is 11.9 Å². The highest BCUT2D eigenvalue weighted by molar-refractivity contribution is 5.70. The van der Waals surface area contributed by atoms with Crippen molar-refractivity contribution in [1.82, 2.24) is 4.90 Å². The zero-order valence-electron chi connectivity index (χ0n) is 9.06. The fourth-order valence-electron chi connectivity index (χ4n) is 2.29. The quantitative estimate of drug-likeness (QED) is 0.832. The molecule has 0 spiro atoms. The third kappa shape index (κ3) is 1.93. The van der Waals surface area contributed by atoms with E-state index in [1.165, 1.54) is 6.07 Å². The molecule has 0 radical (unpaired) electrons. The Bertz CT molecular complexity index is 408. The second-order valence-electron chi connectivity index (χ2n) is 4.25. The number of hydrogen-bond acceptors (Lipinski definition) is 2. The van der Waals surface area contributed by atoms with Crippen molar-refractivity contribution in [2.45, 2.75) is 12.5 Å². The SMILES string of the molecule is CN1C[C@H](C(=O)O)C[C@H]1c1ccccc1F. The van der Waals surface area contributed by atoms with Gasteiger partial charge in [-0.2, -0.15) is 0 Å². The van der Waals surface area contributed by atoms with Gasteiger partial charge in [0.1, 0.15) is 5.82 Å². The topological polar surface area (TPSA) is 40.5 Å².